The lowest BCUT2D eigenvalue weighted by atomic mass is 10.1. The predicted octanol–water partition coefficient (Wildman–Crippen LogP) is 3.56. The summed E-state index contributed by atoms with van der Waals surface area (Å²) in [6.45, 7) is 7.21. The fraction of sp³-hybridized carbons (Fsp3) is 0.375. The summed E-state index contributed by atoms with van der Waals surface area (Å²) in [5.41, 5.74) is 1.77. The summed E-state index contributed by atoms with van der Waals surface area (Å²) in [7, 11) is 0. The summed E-state index contributed by atoms with van der Waals surface area (Å²) in [6, 6.07) is 9.72. The summed E-state index contributed by atoms with van der Waals surface area (Å²) >= 11 is 0. The summed E-state index contributed by atoms with van der Waals surface area (Å²) in [4.78, 5) is 17.7. The standard InChI is InChI=1S/C16H20N2O2/c1-4-11(3)18(5-2)15-10-14(16(19)20)17-13-9-7-6-8-12(13)15/h6-11H,4-5H2,1-3H3,(H,19,20). The highest BCUT2D eigenvalue weighted by Crippen LogP contribution is 2.28. The van der Waals surface area contributed by atoms with Crippen molar-refractivity contribution in [3.8, 4) is 0 Å². The third-order valence-electron chi connectivity index (χ3n) is 3.69. The van der Waals surface area contributed by atoms with Crippen LogP contribution < -0.4 is 4.90 Å². The molecule has 0 spiro atoms. The van der Waals surface area contributed by atoms with Crippen molar-refractivity contribution in [3.05, 3.63) is 36.0 Å². The molecule has 2 aromatic rings. The number of para-hydroxylation sites is 1. The van der Waals surface area contributed by atoms with Crippen molar-refractivity contribution in [2.75, 3.05) is 11.4 Å². The third-order valence-corrected chi connectivity index (χ3v) is 3.69. The molecule has 1 N–H and O–H groups in total. The fourth-order valence-corrected chi connectivity index (χ4v) is 2.44. The minimum absolute atomic E-state index is 0.0976. The highest BCUT2D eigenvalue weighted by Gasteiger charge is 2.17. The number of carboxylic acid groups (broad SMARTS) is 1. The molecule has 0 aliphatic heterocycles. The Labute approximate surface area is 119 Å². The molecule has 0 saturated heterocycles. The zero-order chi connectivity index (χ0) is 14.7. The van der Waals surface area contributed by atoms with Crippen LogP contribution in [0.5, 0.6) is 0 Å². The molecule has 1 heterocycles. The van der Waals surface area contributed by atoms with E-state index in [1.165, 1.54) is 0 Å². The molecule has 0 radical (unpaired) electrons. The van der Waals surface area contributed by atoms with Crippen LogP contribution >= 0.6 is 0 Å². The van der Waals surface area contributed by atoms with E-state index in [9.17, 15) is 9.90 Å². The summed E-state index contributed by atoms with van der Waals surface area (Å²) in [6.07, 6.45) is 1.01. The number of fused-ring (bicyclic) bond motifs is 1. The van der Waals surface area contributed by atoms with Crippen molar-refractivity contribution in [2.45, 2.75) is 33.2 Å². The van der Waals surface area contributed by atoms with Crippen LogP contribution in [0, 0.1) is 0 Å². The Kier molecular flexibility index (Phi) is 4.23. The first-order valence-corrected chi connectivity index (χ1v) is 6.98. The van der Waals surface area contributed by atoms with Gasteiger partial charge < -0.3 is 10.0 Å². The molecule has 2 rings (SSSR count). The van der Waals surface area contributed by atoms with Gasteiger partial charge in [0.05, 0.1) is 5.52 Å². The van der Waals surface area contributed by atoms with E-state index in [0.29, 0.717) is 6.04 Å². The van der Waals surface area contributed by atoms with Crippen molar-refractivity contribution >= 4 is 22.6 Å². The van der Waals surface area contributed by atoms with Gasteiger partial charge in [0.15, 0.2) is 5.69 Å². The van der Waals surface area contributed by atoms with Gasteiger partial charge in [-0.15, -0.1) is 0 Å². The van der Waals surface area contributed by atoms with Gasteiger partial charge in [-0.1, -0.05) is 25.1 Å². The van der Waals surface area contributed by atoms with Gasteiger partial charge in [-0.3, -0.25) is 0 Å². The maximum absolute atomic E-state index is 11.3. The van der Waals surface area contributed by atoms with Gasteiger partial charge in [0.25, 0.3) is 0 Å². The van der Waals surface area contributed by atoms with Gasteiger partial charge in [-0.2, -0.15) is 0 Å². The van der Waals surface area contributed by atoms with Crippen LogP contribution in [0.4, 0.5) is 5.69 Å². The number of carbonyl (C=O) groups is 1. The Morgan fingerprint density at radius 1 is 1.35 bits per heavy atom. The molecule has 1 aromatic carbocycles. The van der Waals surface area contributed by atoms with Crippen LogP contribution in [-0.2, 0) is 0 Å². The number of aromatic nitrogens is 1. The summed E-state index contributed by atoms with van der Waals surface area (Å²) in [5.74, 6) is -0.989. The largest absolute Gasteiger partial charge is 0.477 e. The number of pyridine rings is 1. The Morgan fingerprint density at radius 2 is 2.05 bits per heavy atom. The minimum atomic E-state index is -0.989. The Bertz CT molecular complexity index is 625. The maximum atomic E-state index is 11.3. The lowest BCUT2D eigenvalue weighted by molar-refractivity contribution is 0.0691. The first kappa shape index (κ1) is 14.3. The van der Waals surface area contributed by atoms with Gasteiger partial charge in [-0.05, 0) is 32.4 Å². The second kappa shape index (κ2) is 5.90. The third kappa shape index (κ3) is 2.59. The van der Waals surface area contributed by atoms with E-state index >= 15 is 0 Å². The smallest absolute Gasteiger partial charge is 0.354 e. The minimum Gasteiger partial charge on any atom is -0.477 e. The molecule has 0 amide bonds. The normalized spacial score (nSPS) is 12.3. The molecule has 4 nitrogen and oxygen atoms in total. The number of anilines is 1. The zero-order valence-electron chi connectivity index (χ0n) is 12.1. The quantitative estimate of drug-likeness (QED) is 0.904. The predicted molar refractivity (Wildman–Crippen MR) is 81.5 cm³/mol. The summed E-state index contributed by atoms with van der Waals surface area (Å²) < 4.78 is 0. The van der Waals surface area contributed by atoms with Gasteiger partial charge in [0.1, 0.15) is 0 Å². The molecule has 0 fully saturated rings. The van der Waals surface area contributed by atoms with Crippen molar-refractivity contribution < 1.29 is 9.90 Å². The molecule has 20 heavy (non-hydrogen) atoms. The number of benzene rings is 1. The van der Waals surface area contributed by atoms with Gasteiger partial charge in [0.2, 0.25) is 0 Å². The van der Waals surface area contributed by atoms with E-state index < -0.39 is 5.97 Å². The molecule has 4 heteroatoms. The average Bonchev–Trinajstić information content (AvgIpc) is 2.47. The molecule has 1 atom stereocenters. The Hall–Kier alpha value is -2.10. The highest BCUT2D eigenvalue weighted by atomic mass is 16.4. The van der Waals surface area contributed by atoms with Crippen molar-refractivity contribution in [2.24, 2.45) is 0 Å². The molecular formula is C16H20N2O2. The van der Waals surface area contributed by atoms with Crippen LogP contribution in [0.2, 0.25) is 0 Å². The van der Waals surface area contributed by atoms with Crippen molar-refractivity contribution in [1.82, 2.24) is 4.98 Å². The topological polar surface area (TPSA) is 53.4 Å². The molecule has 0 aliphatic carbocycles. The van der Waals surface area contributed by atoms with Crippen molar-refractivity contribution in [1.29, 1.82) is 0 Å². The molecule has 0 saturated carbocycles. The summed E-state index contributed by atoms with van der Waals surface area (Å²) in [5, 5.41) is 10.2. The van der Waals surface area contributed by atoms with Crippen LogP contribution in [0.25, 0.3) is 10.9 Å². The van der Waals surface area contributed by atoms with E-state index in [0.717, 1.165) is 29.6 Å². The first-order valence-electron chi connectivity index (χ1n) is 6.98. The average molecular weight is 272 g/mol. The number of hydrogen-bond donors (Lipinski definition) is 1. The highest BCUT2D eigenvalue weighted by molar-refractivity contribution is 5.97. The Morgan fingerprint density at radius 3 is 2.65 bits per heavy atom. The van der Waals surface area contributed by atoms with Gasteiger partial charge >= 0.3 is 5.97 Å². The van der Waals surface area contributed by atoms with Crippen LogP contribution in [0.1, 0.15) is 37.7 Å². The number of nitrogens with zero attached hydrogens (tertiary/aromatic N) is 2. The van der Waals surface area contributed by atoms with Crippen LogP contribution in [0.3, 0.4) is 0 Å². The molecule has 0 aliphatic rings. The number of hydrogen-bond acceptors (Lipinski definition) is 3. The SMILES string of the molecule is CCC(C)N(CC)c1cc(C(=O)O)nc2ccccc12. The lowest BCUT2D eigenvalue weighted by Gasteiger charge is -2.30. The van der Waals surface area contributed by atoms with Gasteiger partial charge in [0, 0.05) is 23.7 Å². The monoisotopic (exact) mass is 272 g/mol. The molecule has 106 valence electrons. The van der Waals surface area contributed by atoms with E-state index in [4.69, 9.17) is 0 Å². The molecule has 0 bridgehead atoms. The molecular weight excluding hydrogens is 252 g/mol. The van der Waals surface area contributed by atoms with Crippen LogP contribution in [0.15, 0.2) is 30.3 Å². The first-order chi connectivity index (χ1) is 9.58. The lowest BCUT2D eigenvalue weighted by Crippen LogP contribution is -2.32. The van der Waals surface area contributed by atoms with E-state index in [2.05, 4.69) is 30.7 Å². The second-order valence-electron chi connectivity index (χ2n) is 4.89. The second-order valence-corrected chi connectivity index (χ2v) is 4.89. The number of aromatic carboxylic acids is 1. The van der Waals surface area contributed by atoms with E-state index in [-0.39, 0.29) is 5.69 Å². The van der Waals surface area contributed by atoms with Crippen LogP contribution in [-0.4, -0.2) is 28.6 Å². The van der Waals surface area contributed by atoms with Gasteiger partial charge in [-0.25, -0.2) is 9.78 Å². The number of carboxylic acids is 1. The molecule has 1 aromatic heterocycles. The zero-order valence-corrected chi connectivity index (χ0v) is 12.1. The maximum Gasteiger partial charge on any atom is 0.354 e. The van der Waals surface area contributed by atoms with E-state index in [1.807, 2.05) is 24.3 Å². The molecule has 1 unspecified atom stereocenters. The number of rotatable bonds is 5. The van der Waals surface area contributed by atoms with Crippen molar-refractivity contribution in [3.63, 3.8) is 0 Å². The fourth-order valence-electron chi connectivity index (χ4n) is 2.44. The Balaban J connectivity index is 2.68. The van der Waals surface area contributed by atoms with E-state index in [1.54, 1.807) is 6.07 Å².